The lowest BCUT2D eigenvalue weighted by Crippen LogP contribution is -2.19. The fraction of sp³-hybridized carbons (Fsp3) is 0.304. The van der Waals surface area contributed by atoms with Crippen LogP contribution < -0.4 is 10.7 Å². The number of aryl methyl sites for hydroxylation is 2. The van der Waals surface area contributed by atoms with Crippen LogP contribution in [0.2, 0.25) is 0 Å². The van der Waals surface area contributed by atoms with Gasteiger partial charge in [-0.15, -0.1) is 0 Å². The topological polar surface area (TPSA) is 109 Å². The zero-order valence-electron chi connectivity index (χ0n) is 18.2. The molecule has 3 N–H and O–H groups in total. The molecule has 0 aliphatic carbocycles. The number of hydrazone groups is 1. The van der Waals surface area contributed by atoms with Gasteiger partial charge in [-0.05, 0) is 63.6 Å². The summed E-state index contributed by atoms with van der Waals surface area (Å²) in [5.41, 5.74) is 6.07. The van der Waals surface area contributed by atoms with Crippen LogP contribution >= 0.6 is 0 Å². The van der Waals surface area contributed by atoms with Crippen LogP contribution in [0.15, 0.2) is 41.5 Å². The predicted octanol–water partition coefficient (Wildman–Crippen LogP) is 3.96. The Kier molecular flexibility index (Phi) is 6.69. The molecule has 0 saturated carbocycles. The molecule has 0 spiro atoms. The molecule has 0 bridgehead atoms. The second-order valence-electron chi connectivity index (χ2n) is 7.28. The number of aromatic nitrogens is 2. The van der Waals surface area contributed by atoms with Crippen LogP contribution in [0.3, 0.4) is 0 Å². The van der Waals surface area contributed by atoms with Crippen molar-refractivity contribution in [3.05, 3.63) is 53.3 Å². The fourth-order valence-corrected chi connectivity index (χ4v) is 3.40. The van der Waals surface area contributed by atoms with Crippen molar-refractivity contribution < 1.29 is 14.7 Å². The summed E-state index contributed by atoms with van der Waals surface area (Å²) in [6, 6.07) is 10.1. The van der Waals surface area contributed by atoms with Crippen molar-refractivity contribution in [2.24, 2.45) is 5.10 Å². The molecule has 31 heavy (non-hydrogen) atoms. The van der Waals surface area contributed by atoms with E-state index in [1.165, 1.54) is 6.07 Å². The van der Waals surface area contributed by atoms with Gasteiger partial charge in [0.1, 0.15) is 11.6 Å². The molecule has 3 aromatic rings. The number of aromatic hydroxyl groups is 1. The van der Waals surface area contributed by atoms with E-state index in [1.54, 1.807) is 31.2 Å². The molecule has 162 valence electrons. The monoisotopic (exact) mass is 421 g/mol. The van der Waals surface area contributed by atoms with Gasteiger partial charge in [0.15, 0.2) is 0 Å². The lowest BCUT2D eigenvalue weighted by atomic mass is 10.1. The third kappa shape index (κ3) is 4.91. The Bertz CT molecular complexity index is 1160. The maximum absolute atomic E-state index is 12.6. The normalized spacial score (nSPS) is 11.5. The number of fused-ring (bicyclic) bond motifs is 1. The zero-order chi connectivity index (χ0) is 22.5. The molecule has 0 atom stereocenters. The van der Waals surface area contributed by atoms with Crippen molar-refractivity contribution in [3.63, 3.8) is 0 Å². The van der Waals surface area contributed by atoms with E-state index in [4.69, 9.17) is 0 Å². The molecule has 8 nitrogen and oxygen atoms in total. The average molecular weight is 422 g/mol. The zero-order valence-corrected chi connectivity index (χ0v) is 18.2. The van der Waals surface area contributed by atoms with E-state index >= 15 is 0 Å². The van der Waals surface area contributed by atoms with E-state index in [0.29, 0.717) is 28.9 Å². The molecule has 1 aromatic heterocycles. The molecule has 0 saturated heterocycles. The number of carbonyl (C=O) groups is 2. The summed E-state index contributed by atoms with van der Waals surface area (Å²) < 4.78 is 2.08. The third-order valence-corrected chi connectivity index (χ3v) is 4.99. The Morgan fingerprint density at radius 1 is 1.16 bits per heavy atom. The van der Waals surface area contributed by atoms with Gasteiger partial charge in [0, 0.05) is 29.8 Å². The minimum atomic E-state index is -0.378. The molecule has 0 unspecified atom stereocenters. The van der Waals surface area contributed by atoms with E-state index in [-0.39, 0.29) is 17.6 Å². The summed E-state index contributed by atoms with van der Waals surface area (Å²) in [6.07, 6.45) is 1.16. The number of phenolic OH excluding ortho intramolecular Hbond substituents is 1. The molecule has 2 amide bonds. The largest absolute Gasteiger partial charge is 0.507 e. The molecular formula is C23H27N5O3. The lowest BCUT2D eigenvalue weighted by molar-refractivity contribution is -0.116. The number of anilines is 1. The smallest absolute Gasteiger partial charge is 0.271 e. The molecular weight excluding hydrogens is 394 g/mol. The number of imidazole rings is 1. The van der Waals surface area contributed by atoms with Gasteiger partial charge in [-0.25, -0.2) is 10.4 Å². The number of amides is 2. The Balaban J connectivity index is 1.77. The number of hydrogen-bond acceptors (Lipinski definition) is 5. The van der Waals surface area contributed by atoms with Crippen molar-refractivity contribution in [2.75, 3.05) is 5.32 Å². The maximum atomic E-state index is 12.6. The summed E-state index contributed by atoms with van der Waals surface area (Å²) in [6.45, 7) is 8.38. The fourth-order valence-electron chi connectivity index (χ4n) is 3.40. The van der Waals surface area contributed by atoms with Crippen LogP contribution in [-0.4, -0.2) is 32.2 Å². The molecule has 0 fully saturated rings. The highest BCUT2D eigenvalue weighted by Crippen LogP contribution is 2.23. The number of phenols is 1. The van der Waals surface area contributed by atoms with E-state index in [0.717, 1.165) is 29.8 Å². The van der Waals surface area contributed by atoms with Gasteiger partial charge in [-0.1, -0.05) is 6.92 Å². The minimum absolute atomic E-state index is 0.00555. The number of hydrogen-bond donors (Lipinski definition) is 3. The Morgan fingerprint density at radius 3 is 2.65 bits per heavy atom. The van der Waals surface area contributed by atoms with Crippen LogP contribution in [0.4, 0.5) is 5.69 Å². The molecule has 0 aliphatic heterocycles. The van der Waals surface area contributed by atoms with E-state index in [1.807, 2.05) is 26.8 Å². The van der Waals surface area contributed by atoms with Gasteiger partial charge in [-0.3, -0.25) is 9.59 Å². The van der Waals surface area contributed by atoms with Crippen molar-refractivity contribution in [3.8, 4) is 5.75 Å². The number of nitrogens with zero attached hydrogens (tertiary/aromatic N) is 3. The van der Waals surface area contributed by atoms with Gasteiger partial charge in [-0.2, -0.15) is 5.10 Å². The van der Waals surface area contributed by atoms with Gasteiger partial charge < -0.3 is 15.0 Å². The number of carbonyl (C=O) groups excluding carboxylic acids is 2. The summed E-state index contributed by atoms with van der Waals surface area (Å²) in [4.78, 5) is 28.9. The van der Waals surface area contributed by atoms with Gasteiger partial charge >= 0.3 is 0 Å². The summed E-state index contributed by atoms with van der Waals surface area (Å²) in [5.74, 6) is 0.423. The van der Waals surface area contributed by atoms with Gasteiger partial charge in [0.05, 0.1) is 16.7 Å². The van der Waals surface area contributed by atoms with E-state index in [2.05, 4.69) is 25.4 Å². The number of rotatable bonds is 7. The highest BCUT2D eigenvalue weighted by atomic mass is 16.3. The first kappa shape index (κ1) is 22.0. The van der Waals surface area contributed by atoms with Crippen LogP contribution in [-0.2, 0) is 11.3 Å². The van der Waals surface area contributed by atoms with Gasteiger partial charge in [0.25, 0.3) is 5.91 Å². The quantitative estimate of drug-likeness (QED) is 0.305. The van der Waals surface area contributed by atoms with E-state index in [9.17, 15) is 14.7 Å². The number of benzene rings is 2. The summed E-state index contributed by atoms with van der Waals surface area (Å²) in [5, 5.41) is 17.1. The van der Waals surface area contributed by atoms with Crippen LogP contribution in [0.1, 0.15) is 55.4 Å². The average Bonchev–Trinajstić information content (AvgIpc) is 3.07. The molecule has 0 aliphatic rings. The molecule has 2 aromatic carbocycles. The van der Waals surface area contributed by atoms with Crippen LogP contribution in [0.25, 0.3) is 11.0 Å². The molecule has 0 radical (unpaired) electrons. The maximum Gasteiger partial charge on any atom is 0.271 e. The summed E-state index contributed by atoms with van der Waals surface area (Å²) >= 11 is 0. The first-order chi connectivity index (χ1) is 14.8. The van der Waals surface area contributed by atoms with Crippen molar-refractivity contribution in [1.29, 1.82) is 0 Å². The molecule has 1 heterocycles. The van der Waals surface area contributed by atoms with E-state index < -0.39 is 0 Å². The number of nitrogens with one attached hydrogen (secondary N) is 2. The standard InChI is InChI=1S/C23H27N5O3/c1-5-7-22(30)25-17-9-11-21(29)18(13-17)14(3)26-27-23(31)16-8-10-20-19(12-16)24-15(4)28(20)6-2/h8-13,29H,5-7H2,1-4H3,(H,25,30)(H,27,31)/b26-14+. The lowest BCUT2D eigenvalue weighted by Gasteiger charge is -2.09. The van der Waals surface area contributed by atoms with Gasteiger partial charge in [0.2, 0.25) is 5.91 Å². The van der Waals surface area contributed by atoms with Crippen molar-refractivity contribution >= 4 is 34.2 Å². The first-order valence-corrected chi connectivity index (χ1v) is 10.3. The predicted molar refractivity (Wildman–Crippen MR) is 121 cm³/mol. The highest BCUT2D eigenvalue weighted by molar-refractivity contribution is 6.04. The second-order valence-corrected chi connectivity index (χ2v) is 7.28. The van der Waals surface area contributed by atoms with Crippen molar-refractivity contribution in [1.82, 2.24) is 15.0 Å². The van der Waals surface area contributed by atoms with Crippen LogP contribution in [0, 0.1) is 6.92 Å². The SMILES string of the molecule is CCCC(=O)Nc1ccc(O)c(/C(C)=N/NC(=O)c2ccc3c(c2)nc(C)n3CC)c1. The molecule has 3 rings (SSSR count). The Morgan fingerprint density at radius 2 is 1.94 bits per heavy atom. The van der Waals surface area contributed by atoms with Crippen LogP contribution in [0.5, 0.6) is 5.75 Å². The Labute approximate surface area is 181 Å². The Hall–Kier alpha value is -3.68. The highest BCUT2D eigenvalue weighted by Gasteiger charge is 2.12. The minimum Gasteiger partial charge on any atom is -0.507 e. The van der Waals surface area contributed by atoms with Crippen molar-refractivity contribution in [2.45, 2.75) is 47.1 Å². The summed E-state index contributed by atoms with van der Waals surface area (Å²) in [7, 11) is 0. The first-order valence-electron chi connectivity index (χ1n) is 10.3. The second kappa shape index (κ2) is 9.42. The third-order valence-electron chi connectivity index (χ3n) is 4.99. The molecule has 8 heteroatoms.